The second kappa shape index (κ2) is 11.5. The van der Waals surface area contributed by atoms with Gasteiger partial charge in [0.2, 0.25) is 0 Å². The Bertz CT molecular complexity index is 463. The zero-order chi connectivity index (χ0) is 18.1. The molecule has 0 aromatic carbocycles. The Morgan fingerprint density at radius 2 is 2.04 bits per heavy atom. The summed E-state index contributed by atoms with van der Waals surface area (Å²) in [5.41, 5.74) is 0. The van der Waals surface area contributed by atoms with E-state index in [2.05, 4.69) is 25.2 Å². The average Bonchev–Trinajstić information content (AvgIpc) is 3.16. The minimum atomic E-state index is -0.240. The fraction of sp³-hybridized carbons (Fsp3) is 0.762. The number of halogens is 1. The number of hydrogen-bond acceptors (Lipinski definition) is 3. The van der Waals surface area contributed by atoms with Crippen molar-refractivity contribution in [3.8, 4) is 0 Å². The van der Waals surface area contributed by atoms with Crippen molar-refractivity contribution < 1.29 is 9.90 Å². The van der Waals surface area contributed by atoms with E-state index in [-0.39, 0.29) is 16.7 Å². The monoisotopic (exact) mass is 384 g/mol. The zero-order valence-electron chi connectivity index (χ0n) is 15.4. The highest BCUT2D eigenvalue weighted by Gasteiger charge is 2.40. The molecule has 0 radical (unpaired) electrons. The maximum atomic E-state index is 10.8. The van der Waals surface area contributed by atoms with Crippen molar-refractivity contribution in [1.82, 2.24) is 0 Å². The van der Waals surface area contributed by atoms with Crippen LogP contribution in [0.4, 0.5) is 0 Å². The lowest BCUT2D eigenvalue weighted by Crippen LogP contribution is -2.20. The van der Waals surface area contributed by atoms with E-state index in [1.807, 2.05) is 0 Å². The van der Waals surface area contributed by atoms with Gasteiger partial charge in [0.25, 0.3) is 0 Å². The summed E-state index contributed by atoms with van der Waals surface area (Å²) in [4.78, 5) is 12.2. The van der Waals surface area contributed by atoms with E-state index in [1.54, 1.807) is 11.8 Å². The molecular formula is C21H33ClO2S. The predicted octanol–water partition coefficient (Wildman–Crippen LogP) is 5.88. The van der Waals surface area contributed by atoms with Crippen molar-refractivity contribution >= 4 is 29.6 Å². The van der Waals surface area contributed by atoms with Gasteiger partial charge in [-0.1, -0.05) is 38.0 Å². The third-order valence-corrected chi connectivity index (χ3v) is 7.31. The molecule has 0 saturated heterocycles. The topological polar surface area (TPSA) is 37.3 Å². The van der Waals surface area contributed by atoms with Gasteiger partial charge in [-0.2, -0.15) is 0 Å². The van der Waals surface area contributed by atoms with Crippen molar-refractivity contribution in [2.24, 2.45) is 11.8 Å². The van der Waals surface area contributed by atoms with Gasteiger partial charge in [0.15, 0.2) is 0 Å². The molecular weight excluding hydrogens is 352 g/mol. The van der Waals surface area contributed by atoms with Gasteiger partial charge < -0.3 is 9.90 Å². The number of allylic oxidation sites excluding steroid dienone is 4. The fourth-order valence-corrected chi connectivity index (χ4v) is 5.66. The van der Waals surface area contributed by atoms with Gasteiger partial charge in [-0.05, 0) is 68.1 Å². The number of aliphatic hydroxyl groups excluding tert-OH is 1. The minimum absolute atomic E-state index is 0.108. The molecule has 1 N–H and O–H groups in total. The Morgan fingerprint density at radius 1 is 1.24 bits per heavy atom. The van der Waals surface area contributed by atoms with Gasteiger partial charge >= 0.3 is 0 Å². The smallest absolute Gasteiger partial charge is 0.133 e. The van der Waals surface area contributed by atoms with Gasteiger partial charge in [0.05, 0.1) is 11.4 Å². The summed E-state index contributed by atoms with van der Waals surface area (Å²) < 4.78 is 0. The molecule has 3 unspecified atom stereocenters. The molecule has 1 aliphatic heterocycles. The van der Waals surface area contributed by atoms with E-state index in [9.17, 15) is 9.90 Å². The van der Waals surface area contributed by atoms with Crippen molar-refractivity contribution in [1.29, 1.82) is 0 Å². The van der Waals surface area contributed by atoms with E-state index in [1.165, 1.54) is 24.2 Å². The molecule has 1 heterocycles. The Labute approximate surface area is 162 Å². The molecule has 2 nitrogen and oxygen atoms in total. The molecule has 1 fully saturated rings. The first-order chi connectivity index (χ1) is 12.2. The summed E-state index contributed by atoms with van der Waals surface area (Å²) >= 11 is 8.27. The Balaban J connectivity index is 1.72. The van der Waals surface area contributed by atoms with Crippen molar-refractivity contribution in [2.75, 3.05) is 0 Å². The number of alkyl halides is 1. The van der Waals surface area contributed by atoms with Gasteiger partial charge in [-0.25, -0.2) is 0 Å². The molecule has 0 spiro atoms. The van der Waals surface area contributed by atoms with Crippen LogP contribution < -0.4 is 0 Å². The lowest BCUT2D eigenvalue weighted by atomic mass is 9.86. The first-order valence-electron chi connectivity index (χ1n) is 9.93. The van der Waals surface area contributed by atoms with Gasteiger partial charge in [-0.3, -0.25) is 0 Å². The van der Waals surface area contributed by atoms with Crippen molar-refractivity contribution in [3.05, 3.63) is 23.1 Å². The third-order valence-electron chi connectivity index (χ3n) is 5.53. The molecule has 2 rings (SSSR count). The van der Waals surface area contributed by atoms with Crippen LogP contribution >= 0.6 is 23.4 Å². The van der Waals surface area contributed by atoms with Crippen LogP contribution in [0.25, 0.3) is 0 Å². The quantitative estimate of drug-likeness (QED) is 0.209. The van der Waals surface area contributed by atoms with Crippen LogP contribution in [0.1, 0.15) is 71.1 Å². The summed E-state index contributed by atoms with van der Waals surface area (Å²) in [6, 6.07) is 0. The van der Waals surface area contributed by atoms with E-state index < -0.39 is 0 Å². The molecule has 0 aromatic rings. The summed E-state index contributed by atoms with van der Waals surface area (Å²) in [6.07, 6.45) is 18.2. The molecule has 1 saturated carbocycles. The SMILES string of the molecule is CCCC/C=C/CCC1[C@@H](CCCC2=CCC(C=O)S2)C(Cl)C[C@H]1O. The third kappa shape index (κ3) is 6.77. The second-order valence-corrected chi connectivity index (χ2v) is 9.35. The lowest BCUT2D eigenvalue weighted by Gasteiger charge is -2.23. The molecule has 25 heavy (non-hydrogen) atoms. The molecule has 0 aromatic heterocycles. The zero-order valence-corrected chi connectivity index (χ0v) is 17.0. The number of aliphatic hydroxyl groups is 1. The normalized spacial score (nSPS) is 32.4. The van der Waals surface area contributed by atoms with Gasteiger partial charge in [0.1, 0.15) is 6.29 Å². The number of carbonyl (C=O) groups excluding carboxylic acids is 1. The molecule has 0 bridgehead atoms. The van der Waals surface area contributed by atoms with Crippen LogP contribution in [0.3, 0.4) is 0 Å². The molecule has 1 aliphatic carbocycles. The molecule has 5 atom stereocenters. The maximum Gasteiger partial charge on any atom is 0.133 e. The Kier molecular flexibility index (Phi) is 9.65. The summed E-state index contributed by atoms with van der Waals surface area (Å²) in [6.45, 7) is 2.22. The summed E-state index contributed by atoms with van der Waals surface area (Å²) in [5, 5.41) is 10.6. The number of carbonyl (C=O) groups is 1. The van der Waals surface area contributed by atoms with E-state index in [4.69, 9.17) is 11.6 Å². The van der Waals surface area contributed by atoms with Crippen LogP contribution in [0.2, 0.25) is 0 Å². The first-order valence-corrected chi connectivity index (χ1v) is 11.3. The van der Waals surface area contributed by atoms with Crippen LogP contribution in [-0.2, 0) is 4.79 Å². The van der Waals surface area contributed by atoms with E-state index >= 15 is 0 Å². The number of unbranched alkanes of at least 4 members (excludes halogenated alkanes) is 2. The molecule has 0 amide bonds. The number of aldehydes is 1. The van der Waals surface area contributed by atoms with Crippen LogP contribution in [0, 0.1) is 11.8 Å². The molecule has 142 valence electrons. The second-order valence-electron chi connectivity index (χ2n) is 7.43. The fourth-order valence-electron chi connectivity index (χ4n) is 4.08. The average molecular weight is 385 g/mol. The summed E-state index contributed by atoms with van der Waals surface area (Å²) in [5.74, 6) is 0.765. The van der Waals surface area contributed by atoms with Gasteiger partial charge in [-0.15, -0.1) is 23.4 Å². The van der Waals surface area contributed by atoms with E-state index in [0.29, 0.717) is 11.8 Å². The number of thioether (sulfide) groups is 1. The van der Waals surface area contributed by atoms with Crippen molar-refractivity contribution in [3.63, 3.8) is 0 Å². The highest BCUT2D eigenvalue weighted by Crippen LogP contribution is 2.42. The Hall–Kier alpha value is -0.250. The largest absolute Gasteiger partial charge is 0.393 e. The highest BCUT2D eigenvalue weighted by atomic mass is 35.5. The minimum Gasteiger partial charge on any atom is -0.393 e. The van der Waals surface area contributed by atoms with Crippen LogP contribution in [-0.4, -0.2) is 28.1 Å². The van der Waals surface area contributed by atoms with Crippen LogP contribution in [0.15, 0.2) is 23.1 Å². The number of hydrogen-bond donors (Lipinski definition) is 1. The highest BCUT2D eigenvalue weighted by molar-refractivity contribution is 8.04. The summed E-state index contributed by atoms with van der Waals surface area (Å²) in [7, 11) is 0. The maximum absolute atomic E-state index is 10.8. The standard InChI is InChI=1S/C21H33ClO2S/c1-2-3-4-5-6-7-10-19-18(20(22)14-21(19)24)11-8-9-16-12-13-17(15-23)25-16/h5-6,12,15,17-21,24H,2-4,7-11,13-14H2,1H3/b6-5+/t17?,18-,19?,20?,21-/m1/s1. The lowest BCUT2D eigenvalue weighted by molar-refractivity contribution is -0.107. The Morgan fingerprint density at radius 3 is 2.76 bits per heavy atom. The van der Waals surface area contributed by atoms with Gasteiger partial charge in [0, 0.05) is 5.38 Å². The predicted molar refractivity (Wildman–Crippen MR) is 109 cm³/mol. The number of rotatable bonds is 11. The molecule has 4 heteroatoms. The van der Waals surface area contributed by atoms with E-state index in [0.717, 1.165) is 51.2 Å². The first kappa shape index (κ1) is 21.1. The van der Waals surface area contributed by atoms with Crippen LogP contribution in [0.5, 0.6) is 0 Å². The van der Waals surface area contributed by atoms with Crippen molar-refractivity contribution in [2.45, 2.75) is 87.9 Å². The molecule has 2 aliphatic rings.